The topological polar surface area (TPSA) is 95.9 Å². The van der Waals surface area contributed by atoms with Crippen LogP contribution in [0, 0.1) is 0 Å². The Balaban J connectivity index is 3.51. The first kappa shape index (κ1) is 55.8. The van der Waals surface area contributed by atoms with Crippen molar-refractivity contribution in [2.75, 3.05) is 13.2 Å². The van der Waals surface area contributed by atoms with Gasteiger partial charge in [-0.05, 0) is 89.9 Å². The van der Waals surface area contributed by atoms with E-state index < -0.39 is 12.1 Å². The lowest BCUT2D eigenvalue weighted by atomic mass is 10.0. The molecule has 1 amide bonds. The van der Waals surface area contributed by atoms with E-state index in [4.69, 9.17) is 4.74 Å². The van der Waals surface area contributed by atoms with Crippen LogP contribution in [0.25, 0.3) is 0 Å². The number of esters is 1. The van der Waals surface area contributed by atoms with Crippen LogP contribution < -0.4 is 5.32 Å². The minimum Gasteiger partial charge on any atom is -0.466 e. The summed E-state index contributed by atoms with van der Waals surface area (Å²) in [7, 11) is 0. The lowest BCUT2D eigenvalue weighted by Gasteiger charge is -2.20. The first-order valence-corrected chi connectivity index (χ1v) is 24.9. The molecule has 0 fully saturated rings. The SMILES string of the molecule is CCCCC/C=C\CCCCCCCC(=O)OCCCCC/C=C\C=C/CCCCCCCCCCCCC(=O)NC(CO)C(O)/C=C/CCCCCCCCCC. The molecule has 2 unspecified atom stereocenters. The minimum atomic E-state index is -0.850. The minimum absolute atomic E-state index is 0.0255. The second kappa shape index (κ2) is 47.5. The molecule has 0 saturated carbocycles. The highest BCUT2D eigenvalue weighted by Gasteiger charge is 2.18. The van der Waals surface area contributed by atoms with E-state index in [0.717, 1.165) is 77.0 Å². The van der Waals surface area contributed by atoms with Crippen LogP contribution in [-0.2, 0) is 14.3 Å². The monoisotopic (exact) mass is 814 g/mol. The number of hydrogen-bond acceptors (Lipinski definition) is 5. The smallest absolute Gasteiger partial charge is 0.305 e. The fourth-order valence-corrected chi connectivity index (χ4v) is 7.20. The Morgan fingerprint density at radius 1 is 0.483 bits per heavy atom. The Hall–Kier alpha value is -2.18. The standard InChI is InChI=1S/C52H95NO5/c1-3-5-7-9-11-13-15-26-30-34-38-42-46-52(57)58-47-43-39-35-31-27-24-22-20-18-16-17-19-21-23-25-29-33-37-41-45-51(56)53-49(48-54)50(55)44-40-36-32-28-14-12-10-8-6-4-2/h11,13,20,22,24,27,40,44,49-50,54-55H,3-10,12,14-19,21,23,25-26,28-39,41-43,45-48H2,1-2H3,(H,53,56)/b13-11-,22-20-,27-24-,44-40+. The predicted molar refractivity (Wildman–Crippen MR) is 250 cm³/mol. The van der Waals surface area contributed by atoms with Crippen LogP contribution in [0.3, 0.4) is 0 Å². The van der Waals surface area contributed by atoms with Crippen LogP contribution in [-0.4, -0.2) is 47.4 Å². The fourth-order valence-electron chi connectivity index (χ4n) is 7.20. The summed E-state index contributed by atoms with van der Waals surface area (Å²) in [4.78, 5) is 24.3. The molecule has 0 bridgehead atoms. The van der Waals surface area contributed by atoms with Gasteiger partial charge in [-0.2, -0.15) is 0 Å². The Kier molecular flexibility index (Phi) is 45.7. The Morgan fingerprint density at radius 3 is 1.36 bits per heavy atom. The molecule has 0 rings (SSSR count). The molecule has 6 nitrogen and oxygen atoms in total. The van der Waals surface area contributed by atoms with E-state index in [1.54, 1.807) is 6.08 Å². The van der Waals surface area contributed by atoms with Crippen molar-refractivity contribution in [1.82, 2.24) is 5.32 Å². The number of aliphatic hydroxyl groups is 2. The maximum atomic E-state index is 12.4. The van der Waals surface area contributed by atoms with Gasteiger partial charge in [0.2, 0.25) is 5.91 Å². The number of allylic oxidation sites excluding steroid dienone is 7. The van der Waals surface area contributed by atoms with E-state index in [-0.39, 0.29) is 18.5 Å². The van der Waals surface area contributed by atoms with Crippen LogP contribution in [0.5, 0.6) is 0 Å². The summed E-state index contributed by atoms with van der Waals surface area (Å²) in [5, 5.41) is 22.9. The van der Waals surface area contributed by atoms with E-state index in [0.29, 0.717) is 19.4 Å². The van der Waals surface area contributed by atoms with Crippen molar-refractivity contribution in [2.24, 2.45) is 0 Å². The van der Waals surface area contributed by atoms with Gasteiger partial charge in [0.05, 0.1) is 25.4 Å². The molecular weight excluding hydrogens is 719 g/mol. The van der Waals surface area contributed by atoms with Crippen molar-refractivity contribution in [2.45, 2.75) is 257 Å². The lowest BCUT2D eigenvalue weighted by molar-refractivity contribution is -0.143. The number of carbonyl (C=O) groups excluding carboxylic acids is 2. The first-order chi connectivity index (χ1) is 28.5. The van der Waals surface area contributed by atoms with Gasteiger partial charge in [0, 0.05) is 12.8 Å². The van der Waals surface area contributed by atoms with Gasteiger partial charge in [-0.1, -0.05) is 191 Å². The maximum Gasteiger partial charge on any atom is 0.305 e. The van der Waals surface area contributed by atoms with Crippen molar-refractivity contribution < 1.29 is 24.5 Å². The summed E-state index contributed by atoms with van der Waals surface area (Å²) >= 11 is 0. The Bertz CT molecular complexity index is 988. The number of carbonyl (C=O) groups is 2. The highest BCUT2D eigenvalue weighted by molar-refractivity contribution is 5.76. The van der Waals surface area contributed by atoms with E-state index >= 15 is 0 Å². The molecule has 0 spiro atoms. The van der Waals surface area contributed by atoms with Gasteiger partial charge in [0.25, 0.3) is 0 Å². The third kappa shape index (κ3) is 43.4. The molecule has 3 N–H and O–H groups in total. The number of nitrogens with one attached hydrogen (secondary N) is 1. The van der Waals surface area contributed by atoms with Crippen LogP contribution in [0.2, 0.25) is 0 Å². The average Bonchev–Trinajstić information content (AvgIpc) is 3.22. The highest BCUT2D eigenvalue weighted by atomic mass is 16.5. The molecule has 0 saturated heterocycles. The molecule has 338 valence electrons. The second-order valence-corrected chi connectivity index (χ2v) is 16.8. The average molecular weight is 814 g/mol. The molecule has 6 heteroatoms. The van der Waals surface area contributed by atoms with Crippen LogP contribution in [0.1, 0.15) is 245 Å². The van der Waals surface area contributed by atoms with Crippen LogP contribution in [0.4, 0.5) is 0 Å². The zero-order valence-corrected chi connectivity index (χ0v) is 38.3. The third-order valence-corrected chi connectivity index (χ3v) is 11.1. The molecule has 0 aliphatic rings. The number of aliphatic hydroxyl groups excluding tert-OH is 2. The molecule has 0 aromatic carbocycles. The van der Waals surface area contributed by atoms with Gasteiger partial charge in [-0.15, -0.1) is 0 Å². The number of ether oxygens (including phenoxy) is 1. The van der Waals surface area contributed by atoms with E-state index in [9.17, 15) is 19.8 Å². The van der Waals surface area contributed by atoms with Crippen molar-refractivity contribution in [3.05, 3.63) is 48.6 Å². The first-order valence-electron chi connectivity index (χ1n) is 24.9. The van der Waals surface area contributed by atoms with Gasteiger partial charge in [0.15, 0.2) is 0 Å². The summed E-state index contributed by atoms with van der Waals surface area (Å²) in [6, 6.07) is -0.634. The summed E-state index contributed by atoms with van der Waals surface area (Å²) in [5.41, 5.74) is 0. The number of amides is 1. The van der Waals surface area contributed by atoms with Gasteiger partial charge in [-0.25, -0.2) is 0 Å². The molecule has 0 radical (unpaired) electrons. The van der Waals surface area contributed by atoms with Crippen molar-refractivity contribution in [3.8, 4) is 0 Å². The molecule has 0 aromatic heterocycles. The molecule has 58 heavy (non-hydrogen) atoms. The zero-order valence-electron chi connectivity index (χ0n) is 38.3. The largest absolute Gasteiger partial charge is 0.466 e. The predicted octanol–water partition coefficient (Wildman–Crippen LogP) is 14.7. The summed E-state index contributed by atoms with van der Waals surface area (Å²) in [5.74, 6) is -0.107. The number of hydrogen-bond donors (Lipinski definition) is 3. The lowest BCUT2D eigenvalue weighted by Crippen LogP contribution is -2.45. The number of rotatable bonds is 45. The Labute approximate surface area is 359 Å². The molecule has 0 aliphatic heterocycles. The summed E-state index contributed by atoms with van der Waals surface area (Å²) in [6.07, 6.45) is 58.3. The molecule has 0 aliphatic carbocycles. The van der Waals surface area contributed by atoms with Crippen molar-refractivity contribution >= 4 is 11.9 Å². The quantitative estimate of drug-likeness (QED) is 0.0246. The van der Waals surface area contributed by atoms with Crippen molar-refractivity contribution in [1.29, 1.82) is 0 Å². The normalized spacial score (nSPS) is 13.1. The Morgan fingerprint density at radius 2 is 0.862 bits per heavy atom. The van der Waals surface area contributed by atoms with Gasteiger partial charge < -0.3 is 20.3 Å². The zero-order chi connectivity index (χ0) is 42.3. The summed E-state index contributed by atoms with van der Waals surface area (Å²) in [6.45, 7) is 4.80. The molecular formula is C52H95NO5. The van der Waals surface area contributed by atoms with Gasteiger partial charge >= 0.3 is 5.97 Å². The maximum absolute atomic E-state index is 12.4. The van der Waals surface area contributed by atoms with Crippen LogP contribution in [0.15, 0.2) is 48.6 Å². The molecule has 2 atom stereocenters. The highest BCUT2D eigenvalue weighted by Crippen LogP contribution is 2.14. The van der Waals surface area contributed by atoms with E-state index in [1.807, 2.05) is 6.08 Å². The van der Waals surface area contributed by atoms with E-state index in [2.05, 4.69) is 55.6 Å². The fraction of sp³-hybridized carbons (Fsp3) is 0.808. The number of unbranched alkanes of at least 4 members (excludes halogenated alkanes) is 29. The molecule has 0 aromatic rings. The van der Waals surface area contributed by atoms with Gasteiger partial charge in [-0.3, -0.25) is 9.59 Å². The second-order valence-electron chi connectivity index (χ2n) is 16.8. The van der Waals surface area contributed by atoms with Crippen LogP contribution >= 0.6 is 0 Å². The van der Waals surface area contributed by atoms with Gasteiger partial charge in [0.1, 0.15) is 0 Å². The molecule has 0 heterocycles. The van der Waals surface area contributed by atoms with E-state index in [1.165, 1.54) is 141 Å². The third-order valence-electron chi connectivity index (χ3n) is 11.1. The van der Waals surface area contributed by atoms with Crippen molar-refractivity contribution in [3.63, 3.8) is 0 Å². The summed E-state index contributed by atoms with van der Waals surface area (Å²) < 4.78 is 5.42.